The van der Waals surface area contributed by atoms with Gasteiger partial charge in [-0.3, -0.25) is 4.90 Å². The standard InChI is InChI=1S/C17H34N2/c1-3-15-8-7-11-17(14-18,12-10-15)19-13-6-5-9-16(19)4-2/h15-16H,3-14,18H2,1-2H3. The van der Waals surface area contributed by atoms with Gasteiger partial charge in [0, 0.05) is 18.1 Å². The van der Waals surface area contributed by atoms with Crippen molar-refractivity contribution in [1.29, 1.82) is 0 Å². The van der Waals surface area contributed by atoms with Crippen LogP contribution in [-0.4, -0.2) is 29.6 Å². The molecule has 3 atom stereocenters. The summed E-state index contributed by atoms with van der Waals surface area (Å²) in [6.45, 7) is 6.89. The number of piperidine rings is 1. The van der Waals surface area contributed by atoms with E-state index in [0.717, 1.165) is 18.5 Å². The Balaban J connectivity index is 2.11. The van der Waals surface area contributed by atoms with E-state index in [2.05, 4.69) is 18.7 Å². The molecule has 0 bridgehead atoms. The largest absolute Gasteiger partial charge is 0.329 e. The van der Waals surface area contributed by atoms with E-state index in [4.69, 9.17) is 5.73 Å². The maximum Gasteiger partial charge on any atom is 0.0334 e. The van der Waals surface area contributed by atoms with E-state index >= 15 is 0 Å². The quantitative estimate of drug-likeness (QED) is 0.781. The Morgan fingerprint density at radius 1 is 1.00 bits per heavy atom. The second-order valence-electron chi connectivity index (χ2n) is 6.88. The molecule has 0 radical (unpaired) electrons. The molecule has 2 aliphatic rings. The van der Waals surface area contributed by atoms with Crippen LogP contribution in [0.5, 0.6) is 0 Å². The van der Waals surface area contributed by atoms with E-state index in [9.17, 15) is 0 Å². The van der Waals surface area contributed by atoms with Gasteiger partial charge in [0.05, 0.1) is 0 Å². The van der Waals surface area contributed by atoms with Gasteiger partial charge in [0.2, 0.25) is 0 Å². The van der Waals surface area contributed by atoms with Gasteiger partial charge in [0.25, 0.3) is 0 Å². The van der Waals surface area contributed by atoms with E-state index in [-0.39, 0.29) is 0 Å². The van der Waals surface area contributed by atoms with Crippen LogP contribution in [0, 0.1) is 5.92 Å². The molecular formula is C17H34N2. The molecule has 0 amide bonds. The van der Waals surface area contributed by atoms with Gasteiger partial charge in [0.15, 0.2) is 0 Å². The molecule has 0 spiro atoms. The molecule has 2 nitrogen and oxygen atoms in total. The molecule has 2 fully saturated rings. The maximum absolute atomic E-state index is 6.30. The first-order valence-electron chi connectivity index (χ1n) is 8.72. The van der Waals surface area contributed by atoms with E-state index in [0.29, 0.717) is 5.54 Å². The van der Waals surface area contributed by atoms with Crippen LogP contribution >= 0.6 is 0 Å². The lowest BCUT2D eigenvalue weighted by Gasteiger charge is -2.49. The number of nitrogens with two attached hydrogens (primary N) is 1. The molecule has 0 aromatic heterocycles. The summed E-state index contributed by atoms with van der Waals surface area (Å²) in [5.74, 6) is 0.957. The zero-order chi connectivity index (χ0) is 13.7. The molecule has 2 rings (SSSR count). The third kappa shape index (κ3) is 3.33. The highest BCUT2D eigenvalue weighted by Gasteiger charge is 2.40. The highest BCUT2D eigenvalue weighted by atomic mass is 15.2. The van der Waals surface area contributed by atoms with Crippen LogP contribution in [0.1, 0.15) is 78.1 Å². The van der Waals surface area contributed by atoms with Crippen molar-refractivity contribution in [1.82, 2.24) is 4.90 Å². The summed E-state index contributed by atoms with van der Waals surface area (Å²) < 4.78 is 0. The fraction of sp³-hybridized carbons (Fsp3) is 1.00. The minimum Gasteiger partial charge on any atom is -0.329 e. The second kappa shape index (κ2) is 7.08. The zero-order valence-corrected chi connectivity index (χ0v) is 13.2. The predicted molar refractivity (Wildman–Crippen MR) is 83.3 cm³/mol. The molecule has 1 saturated carbocycles. The first-order valence-corrected chi connectivity index (χ1v) is 8.72. The summed E-state index contributed by atoms with van der Waals surface area (Å²) in [4.78, 5) is 2.84. The maximum atomic E-state index is 6.30. The lowest BCUT2D eigenvalue weighted by atomic mass is 9.83. The predicted octanol–water partition coefficient (Wildman–Crippen LogP) is 3.94. The molecule has 2 heteroatoms. The SMILES string of the molecule is CCC1CCCC(CN)(N2CCCCC2CC)CC1. The number of hydrogen-bond donors (Lipinski definition) is 1. The van der Waals surface area contributed by atoms with Crippen molar-refractivity contribution in [2.45, 2.75) is 89.6 Å². The van der Waals surface area contributed by atoms with Crippen LogP contribution in [0.4, 0.5) is 0 Å². The van der Waals surface area contributed by atoms with Gasteiger partial charge >= 0.3 is 0 Å². The lowest BCUT2D eigenvalue weighted by Crippen LogP contribution is -2.59. The third-order valence-corrected chi connectivity index (χ3v) is 5.94. The zero-order valence-electron chi connectivity index (χ0n) is 13.2. The molecule has 1 aliphatic heterocycles. The van der Waals surface area contributed by atoms with Crippen molar-refractivity contribution in [3.63, 3.8) is 0 Å². The van der Waals surface area contributed by atoms with E-state index in [1.165, 1.54) is 70.8 Å². The topological polar surface area (TPSA) is 29.3 Å². The molecular weight excluding hydrogens is 232 g/mol. The van der Waals surface area contributed by atoms with Crippen LogP contribution in [0.3, 0.4) is 0 Å². The molecule has 19 heavy (non-hydrogen) atoms. The minimum atomic E-state index is 0.338. The average molecular weight is 266 g/mol. The Morgan fingerprint density at radius 2 is 1.84 bits per heavy atom. The molecule has 2 N–H and O–H groups in total. The number of nitrogens with zero attached hydrogens (tertiary/aromatic N) is 1. The Kier molecular flexibility index (Phi) is 5.70. The number of hydrogen-bond acceptors (Lipinski definition) is 2. The fourth-order valence-electron chi connectivity index (χ4n) is 4.53. The molecule has 3 unspecified atom stereocenters. The monoisotopic (exact) mass is 266 g/mol. The van der Waals surface area contributed by atoms with E-state index in [1.807, 2.05) is 0 Å². The number of likely N-dealkylation sites (tertiary alicyclic amines) is 1. The molecule has 1 aliphatic carbocycles. The Labute approximate surface area is 120 Å². The van der Waals surface area contributed by atoms with Crippen molar-refractivity contribution in [2.75, 3.05) is 13.1 Å². The highest BCUT2D eigenvalue weighted by molar-refractivity contribution is 4.98. The molecule has 112 valence electrons. The van der Waals surface area contributed by atoms with E-state index in [1.54, 1.807) is 0 Å². The average Bonchev–Trinajstić information content (AvgIpc) is 2.70. The van der Waals surface area contributed by atoms with Crippen LogP contribution in [0.15, 0.2) is 0 Å². The Bertz CT molecular complexity index is 266. The second-order valence-corrected chi connectivity index (χ2v) is 6.88. The summed E-state index contributed by atoms with van der Waals surface area (Å²) in [5, 5.41) is 0. The van der Waals surface area contributed by atoms with Crippen LogP contribution in [0.25, 0.3) is 0 Å². The van der Waals surface area contributed by atoms with Crippen molar-refractivity contribution < 1.29 is 0 Å². The summed E-state index contributed by atoms with van der Waals surface area (Å²) in [5.41, 5.74) is 6.64. The van der Waals surface area contributed by atoms with Crippen molar-refractivity contribution >= 4 is 0 Å². The first kappa shape index (κ1) is 15.3. The smallest absolute Gasteiger partial charge is 0.0334 e. The molecule has 0 aromatic carbocycles. The van der Waals surface area contributed by atoms with Gasteiger partial charge in [-0.25, -0.2) is 0 Å². The Morgan fingerprint density at radius 3 is 2.53 bits per heavy atom. The number of rotatable bonds is 4. The van der Waals surface area contributed by atoms with Crippen molar-refractivity contribution in [3.05, 3.63) is 0 Å². The fourth-order valence-corrected chi connectivity index (χ4v) is 4.53. The van der Waals surface area contributed by atoms with Crippen molar-refractivity contribution in [2.24, 2.45) is 11.7 Å². The Hall–Kier alpha value is -0.0800. The summed E-state index contributed by atoms with van der Waals surface area (Å²) in [6, 6.07) is 0.801. The van der Waals surface area contributed by atoms with Gasteiger partial charge in [-0.2, -0.15) is 0 Å². The van der Waals surface area contributed by atoms with Gasteiger partial charge in [-0.15, -0.1) is 0 Å². The van der Waals surface area contributed by atoms with Crippen molar-refractivity contribution in [3.8, 4) is 0 Å². The summed E-state index contributed by atoms with van der Waals surface area (Å²) >= 11 is 0. The normalized spacial score (nSPS) is 38.1. The summed E-state index contributed by atoms with van der Waals surface area (Å²) in [6.07, 6.45) is 13.8. The molecule has 0 aromatic rings. The summed E-state index contributed by atoms with van der Waals surface area (Å²) in [7, 11) is 0. The molecule has 1 heterocycles. The van der Waals surface area contributed by atoms with Crippen LogP contribution in [-0.2, 0) is 0 Å². The van der Waals surface area contributed by atoms with Gasteiger partial charge in [-0.1, -0.05) is 39.5 Å². The highest BCUT2D eigenvalue weighted by Crippen LogP contribution is 2.39. The molecule has 1 saturated heterocycles. The third-order valence-electron chi connectivity index (χ3n) is 5.94. The van der Waals surface area contributed by atoms with Crippen LogP contribution in [0.2, 0.25) is 0 Å². The van der Waals surface area contributed by atoms with Gasteiger partial charge < -0.3 is 5.73 Å². The lowest BCUT2D eigenvalue weighted by molar-refractivity contribution is 0.00891. The first-order chi connectivity index (χ1) is 9.25. The van der Waals surface area contributed by atoms with E-state index < -0.39 is 0 Å². The van der Waals surface area contributed by atoms with Gasteiger partial charge in [0.1, 0.15) is 0 Å². The van der Waals surface area contributed by atoms with Gasteiger partial charge in [-0.05, 0) is 51.0 Å². The minimum absolute atomic E-state index is 0.338. The van der Waals surface area contributed by atoms with Crippen LogP contribution < -0.4 is 5.73 Å².